The highest BCUT2D eigenvalue weighted by molar-refractivity contribution is 5.85. The molecule has 3 aromatic rings. The van der Waals surface area contributed by atoms with Gasteiger partial charge in [-0.15, -0.1) is 12.4 Å². The van der Waals surface area contributed by atoms with E-state index in [2.05, 4.69) is 44.0 Å². The number of hydrogen-bond acceptors (Lipinski definition) is 11. The quantitative estimate of drug-likeness (QED) is 0.366. The summed E-state index contributed by atoms with van der Waals surface area (Å²) < 4.78 is 41.0. The summed E-state index contributed by atoms with van der Waals surface area (Å²) in [6, 6.07) is 12.4. The zero-order valence-corrected chi connectivity index (χ0v) is 26.8. The first-order valence-corrected chi connectivity index (χ1v) is 14.6. The smallest absolute Gasteiger partial charge is 0.301 e. The highest BCUT2D eigenvalue weighted by Crippen LogP contribution is 2.35. The number of benzene rings is 1. The van der Waals surface area contributed by atoms with Gasteiger partial charge < -0.3 is 34.6 Å². The van der Waals surface area contributed by atoms with Crippen molar-refractivity contribution in [2.45, 2.75) is 44.4 Å². The van der Waals surface area contributed by atoms with Crippen LogP contribution >= 0.6 is 12.4 Å². The van der Waals surface area contributed by atoms with Gasteiger partial charge in [0.25, 0.3) is 5.91 Å². The number of aliphatic hydroxyl groups is 1. The molecule has 0 spiro atoms. The number of nitrogens with zero attached hydrogens (tertiary/aromatic N) is 7. The molecular formula is C31H37ClF2N8O4. The maximum atomic E-state index is 14.9. The lowest BCUT2D eigenvalue weighted by Crippen LogP contribution is -2.56. The number of aliphatic hydroxyl groups excluding tert-OH is 1. The van der Waals surface area contributed by atoms with Crippen molar-refractivity contribution in [2.75, 3.05) is 57.1 Å². The first-order valence-electron chi connectivity index (χ1n) is 14.6. The topological polar surface area (TPSA) is 140 Å². The molecule has 246 valence electrons. The number of halogens is 3. The van der Waals surface area contributed by atoms with Gasteiger partial charge in [0.2, 0.25) is 5.88 Å². The predicted molar refractivity (Wildman–Crippen MR) is 170 cm³/mol. The Morgan fingerprint density at radius 1 is 1.17 bits per heavy atom. The van der Waals surface area contributed by atoms with Gasteiger partial charge in [-0.05, 0) is 51.2 Å². The molecule has 1 aromatic carbocycles. The number of amides is 1. The fourth-order valence-corrected chi connectivity index (χ4v) is 5.63. The van der Waals surface area contributed by atoms with Crippen molar-refractivity contribution >= 4 is 35.6 Å². The van der Waals surface area contributed by atoms with Crippen LogP contribution in [0.5, 0.6) is 11.6 Å². The van der Waals surface area contributed by atoms with Crippen molar-refractivity contribution in [2.24, 2.45) is 0 Å². The molecule has 2 aliphatic rings. The lowest BCUT2D eigenvalue weighted by atomic mass is 10.0. The van der Waals surface area contributed by atoms with Crippen molar-refractivity contribution in [3.05, 3.63) is 48.3 Å². The molecule has 12 nitrogen and oxygen atoms in total. The maximum Gasteiger partial charge on any atom is 0.301 e. The Bertz CT molecular complexity index is 1590. The molecular weight excluding hydrogens is 622 g/mol. The Hall–Kier alpha value is -4.32. The zero-order chi connectivity index (χ0) is 32.3. The lowest BCUT2D eigenvalue weighted by molar-refractivity contribution is -0.165. The standard InChI is InChI=1S/C31H36F2N8O4.ClH/c1-19-16-39(3)11-12-41(19)24-6-8-27(38-29(24)44-4)37-28-14-23(35-18-36-28)21-5-7-25(22(13-21)15-34)45-26-9-10-40(17-31(26,32)33)30(43)20(2)42;/h5-8,13-14,18-20,26,42H,9-12,16-17H2,1-4H3,(H,35,36,37,38);1H/t19-,20?,26?;/m0./s1. The number of nitrogens with one attached hydrogen (secondary N) is 1. The van der Waals surface area contributed by atoms with Crippen LogP contribution in [0.4, 0.5) is 26.1 Å². The number of ether oxygens (including phenoxy) is 2. The SMILES string of the molecule is COc1nc(Nc2cc(-c3ccc(OC4CCN(C(=O)C(C)O)CC4(F)F)c(C#N)c3)ncn2)ccc1N1CCN(C)C[C@@H]1C.Cl. The van der Waals surface area contributed by atoms with Crippen molar-refractivity contribution in [3.8, 4) is 29.0 Å². The van der Waals surface area contributed by atoms with Crippen molar-refractivity contribution in [3.63, 3.8) is 0 Å². The summed E-state index contributed by atoms with van der Waals surface area (Å²) in [4.78, 5) is 30.8. The highest BCUT2D eigenvalue weighted by Gasteiger charge is 2.48. The van der Waals surface area contributed by atoms with Gasteiger partial charge in [-0.25, -0.2) is 18.7 Å². The van der Waals surface area contributed by atoms with Gasteiger partial charge in [0.15, 0.2) is 6.10 Å². The fraction of sp³-hybridized carbons (Fsp3) is 0.452. The van der Waals surface area contributed by atoms with E-state index in [1.165, 1.54) is 25.4 Å². The average molecular weight is 659 g/mol. The molecule has 0 radical (unpaired) electrons. The van der Waals surface area contributed by atoms with Crippen LogP contribution in [0, 0.1) is 11.3 Å². The van der Waals surface area contributed by atoms with Crippen LogP contribution in [0.3, 0.4) is 0 Å². The molecule has 5 rings (SSSR count). The normalized spacial score (nSPS) is 20.2. The van der Waals surface area contributed by atoms with Gasteiger partial charge in [0, 0.05) is 50.3 Å². The minimum absolute atomic E-state index is 0. The van der Waals surface area contributed by atoms with Crippen LogP contribution in [-0.4, -0.2) is 107 Å². The molecule has 0 bridgehead atoms. The Balaban J connectivity index is 0.00000480. The first kappa shape index (κ1) is 34.6. The summed E-state index contributed by atoms with van der Waals surface area (Å²) in [7, 11) is 3.69. The summed E-state index contributed by atoms with van der Waals surface area (Å²) in [5.74, 6) is -2.68. The molecule has 2 saturated heterocycles. The van der Waals surface area contributed by atoms with E-state index in [4.69, 9.17) is 9.47 Å². The van der Waals surface area contributed by atoms with Crippen LogP contribution < -0.4 is 19.7 Å². The van der Waals surface area contributed by atoms with Crippen molar-refractivity contribution in [1.29, 1.82) is 5.26 Å². The van der Waals surface area contributed by atoms with E-state index in [-0.39, 0.29) is 36.7 Å². The fourth-order valence-electron chi connectivity index (χ4n) is 5.63. The van der Waals surface area contributed by atoms with E-state index in [0.29, 0.717) is 34.8 Å². The molecule has 0 saturated carbocycles. The van der Waals surface area contributed by atoms with E-state index in [1.54, 1.807) is 19.2 Å². The molecule has 2 N–H and O–H groups in total. The molecule has 4 heterocycles. The van der Waals surface area contributed by atoms with Crippen LogP contribution in [0.2, 0.25) is 0 Å². The summed E-state index contributed by atoms with van der Waals surface area (Å²) in [6.45, 7) is 5.26. The number of methoxy groups -OCH3 is 1. The minimum atomic E-state index is -3.38. The summed E-state index contributed by atoms with van der Waals surface area (Å²) >= 11 is 0. The van der Waals surface area contributed by atoms with E-state index < -0.39 is 30.6 Å². The van der Waals surface area contributed by atoms with Gasteiger partial charge >= 0.3 is 5.92 Å². The molecule has 0 aliphatic carbocycles. The first-order chi connectivity index (χ1) is 21.5. The molecule has 2 aliphatic heterocycles. The van der Waals surface area contributed by atoms with Gasteiger partial charge in [-0.3, -0.25) is 4.79 Å². The number of carbonyl (C=O) groups excluding carboxylic acids is 1. The Morgan fingerprint density at radius 3 is 2.63 bits per heavy atom. The number of nitriles is 1. The number of piperidine rings is 1. The largest absolute Gasteiger partial charge is 0.483 e. The monoisotopic (exact) mass is 658 g/mol. The Labute approximate surface area is 272 Å². The molecule has 2 aromatic heterocycles. The third-order valence-electron chi connectivity index (χ3n) is 7.96. The van der Waals surface area contributed by atoms with Gasteiger partial charge in [0.1, 0.15) is 41.6 Å². The second-order valence-corrected chi connectivity index (χ2v) is 11.4. The number of pyridine rings is 1. The Kier molecular flexibility index (Phi) is 10.8. The third kappa shape index (κ3) is 7.55. The third-order valence-corrected chi connectivity index (χ3v) is 7.96. The number of carbonyl (C=O) groups is 1. The summed E-state index contributed by atoms with van der Waals surface area (Å²) in [5.41, 5.74) is 2.01. The summed E-state index contributed by atoms with van der Waals surface area (Å²) in [6.07, 6.45) is -1.70. The second-order valence-electron chi connectivity index (χ2n) is 11.4. The number of anilines is 3. The van der Waals surface area contributed by atoms with Crippen molar-refractivity contribution < 1.29 is 28.2 Å². The maximum absolute atomic E-state index is 14.9. The molecule has 2 unspecified atom stereocenters. The van der Waals surface area contributed by atoms with Crippen LogP contribution in [0.15, 0.2) is 42.7 Å². The number of likely N-dealkylation sites (N-methyl/N-ethyl adjacent to an activating group) is 1. The molecule has 46 heavy (non-hydrogen) atoms. The zero-order valence-electron chi connectivity index (χ0n) is 26.0. The van der Waals surface area contributed by atoms with Gasteiger partial charge in [-0.1, -0.05) is 0 Å². The molecule has 15 heteroatoms. The Morgan fingerprint density at radius 2 is 1.96 bits per heavy atom. The minimum Gasteiger partial charge on any atom is -0.483 e. The van der Waals surface area contributed by atoms with Crippen LogP contribution in [-0.2, 0) is 4.79 Å². The van der Waals surface area contributed by atoms with E-state index >= 15 is 0 Å². The van der Waals surface area contributed by atoms with Crippen LogP contribution in [0.1, 0.15) is 25.8 Å². The van der Waals surface area contributed by atoms with E-state index in [1.807, 2.05) is 18.2 Å². The van der Waals surface area contributed by atoms with E-state index in [9.17, 15) is 23.9 Å². The lowest BCUT2D eigenvalue weighted by Gasteiger charge is -2.40. The van der Waals surface area contributed by atoms with E-state index in [0.717, 1.165) is 30.2 Å². The van der Waals surface area contributed by atoms with Crippen molar-refractivity contribution in [1.82, 2.24) is 24.8 Å². The highest BCUT2D eigenvalue weighted by atomic mass is 35.5. The number of alkyl halides is 2. The van der Waals surface area contributed by atoms with Gasteiger partial charge in [0.05, 0.1) is 24.9 Å². The number of aromatic nitrogens is 3. The second kappa shape index (κ2) is 14.4. The molecule has 3 atom stereocenters. The van der Waals surface area contributed by atoms with Gasteiger partial charge in [-0.2, -0.15) is 10.2 Å². The number of hydrogen-bond donors (Lipinski definition) is 2. The van der Waals surface area contributed by atoms with Crippen LogP contribution in [0.25, 0.3) is 11.3 Å². The predicted octanol–water partition coefficient (Wildman–Crippen LogP) is 3.72. The number of rotatable bonds is 8. The number of piperazine rings is 1. The number of likely N-dealkylation sites (tertiary alicyclic amines) is 1. The molecule has 1 amide bonds. The average Bonchev–Trinajstić information content (AvgIpc) is 3.02. The summed E-state index contributed by atoms with van der Waals surface area (Å²) in [5, 5.41) is 22.5. The molecule has 2 fully saturated rings.